The van der Waals surface area contributed by atoms with E-state index in [4.69, 9.17) is 0 Å². The summed E-state index contributed by atoms with van der Waals surface area (Å²) in [5.41, 5.74) is 5.56. The molecule has 0 bridgehead atoms. The first-order valence-electron chi connectivity index (χ1n) is 9.13. The SMILES string of the molecule is CN1CCN(Nc2ncnc(N3CCc4ccccc4C3)c2[N+](=O)[O-])CC1. The van der Waals surface area contributed by atoms with E-state index in [0.717, 1.165) is 32.6 Å². The molecule has 9 nitrogen and oxygen atoms in total. The minimum Gasteiger partial charge on any atom is -0.346 e. The number of nitrogens with one attached hydrogen (secondary N) is 1. The average Bonchev–Trinajstić information content (AvgIpc) is 2.69. The highest BCUT2D eigenvalue weighted by Gasteiger charge is 2.30. The van der Waals surface area contributed by atoms with E-state index in [1.54, 1.807) is 0 Å². The third-order valence-electron chi connectivity index (χ3n) is 5.18. The number of rotatable bonds is 4. The van der Waals surface area contributed by atoms with Gasteiger partial charge in [0.2, 0.25) is 11.6 Å². The second-order valence-corrected chi connectivity index (χ2v) is 6.99. The molecule has 4 rings (SSSR count). The first-order chi connectivity index (χ1) is 13.1. The van der Waals surface area contributed by atoms with Crippen molar-refractivity contribution >= 4 is 17.3 Å². The van der Waals surface area contributed by atoms with Gasteiger partial charge in [-0.05, 0) is 24.6 Å². The number of nitrogens with zero attached hydrogens (tertiary/aromatic N) is 6. The first-order valence-corrected chi connectivity index (χ1v) is 9.13. The summed E-state index contributed by atoms with van der Waals surface area (Å²) < 4.78 is 0. The summed E-state index contributed by atoms with van der Waals surface area (Å²) in [5, 5.41) is 13.8. The number of hydrazine groups is 1. The number of anilines is 2. The van der Waals surface area contributed by atoms with Crippen LogP contribution in [0.3, 0.4) is 0 Å². The molecule has 2 aromatic rings. The molecular weight excluding hydrogens is 346 g/mol. The van der Waals surface area contributed by atoms with Crippen LogP contribution in [0.1, 0.15) is 11.1 Å². The van der Waals surface area contributed by atoms with E-state index in [1.165, 1.54) is 17.5 Å². The topological polar surface area (TPSA) is 90.7 Å². The summed E-state index contributed by atoms with van der Waals surface area (Å²) in [5.74, 6) is 0.634. The zero-order valence-corrected chi connectivity index (χ0v) is 15.3. The normalized spacial score (nSPS) is 18.2. The average molecular weight is 369 g/mol. The van der Waals surface area contributed by atoms with Crippen LogP contribution in [0.2, 0.25) is 0 Å². The predicted octanol–water partition coefficient (Wildman–Crippen LogP) is 1.52. The molecule has 0 saturated carbocycles. The maximum Gasteiger partial charge on any atom is 0.354 e. The number of hydrogen-bond acceptors (Lipinski definition) is 8. The lowest BCUT2D eigenvalue weighted by Crippen LogP contribution is -2.47. The summed E-state index contributed by atoms with van der Waals surface area (Å²) in [6.45, 7) is 4.68. The highest BCUT2D eigenvalue weighted by Crippen LogP contribution is 2.34. The number of hydrogen-bond donors (Lipinski definition) is 1. The van der Waals surface area contributed by atoms with Crippen LogP contribution in [-0.2, 0) is 13.0 Å². The Labute approximate surface area is 157 Å². The second kappa shape index (κ2) is 7.45. The molecule has 1 aromatic heterocycles. The van der Waals surface area contributed by atoms with E-state index < -0.39 is 0 Å². The molecule has 27 heavy (non-hydrogen) atoms. The fraction of sp³-hybridized carbons (Fsp3) is 0.444. The molecule has 0 aliphatic carbocycles. The van der Waals surface area contributed by atoms with Crippen LogP contribution in [0, 0.1) is 10.1 Å². The van der Waals surface area contributed by atoms with Gasteiger partial charge in [0.15, 0.2) is 0 Å². The lowest BCUT2D eigenvalue weighted by atomic mass is 10.00. The molecule has 9 heteroatoms. The van der Waals surface area contributed by atoms with Crippen LogP contribution in [-0.4, -0.2) is 64.6 Å². The standard InChI is InChI=1S/C18H23N7O2/c1-22-8-10-24(11-9-22)21-17-16(25(26)27)18(20-13-19-17)23-7-6-14-4-2-3-5-15(14)12-23/h2-5,13H,6-12H2,1H3,(H,19,20,21). The van der Waals surface area contributed by atoms with Crippen molar-refractivity contribution in [3.8, 4) is 0 Å². The molecule has 3 heterocycles. The molecule has 1 aromatic carbocycles. The summed E-state index contributed by atoms with van der Waals surface area (Å²) in [6, 6.07) is 8.20. The van der Waals surface area contributed by atoms with E-state index in [2.05, 4.69) is 39.5 Å². The molecule has 142 valence electrons. The van der Waals surface area contributed by atoms with E-state index in [9.17, 15) is 10.1 Å². The van der Waals surface area contributed by atoms with Crippen LogP contribution in [0.25, 0.3) is 0 Å². The predicted molar refractivity (Wildman–Crippen MR) is 103 cm³/mol. The van der Waals surface area contributed by atoms with Gasteiger partial charge in [-0.3, -0.25) is 15.5 Å². The van der Waals surface area contributed by atoms with Crippen molar-refractivity contribution < 1.29 is 4.92 Å². The van der Waals surface area contributed by atoms with Crippen molar-refractivity contribution in [2.75, 3.05) is 50.1 Å². The fourth-order valence-electron chi connectivity index (χ4n) is 3.60. The maximum absolute atomic E-state index is 11.9. The molecule has 0 amide bonds. The smallest absolute Gasteiger partial charge is 0.346 e. The van der Waals surface area contributed by atoms with Crippen molar-refractivity contribution in [2.24, 2.45) is 0 Å². The van der Waals surface area contributed by atoms with Gasteiger partial charge in [-0.15, -0.1) is 0 Å². The van der Waals surface area contributed by atoms with Gasteiger partial charge in [0.25, 0.3) is 0 Å². The number of nitro groups is 1. The number of fused-ring (bicyclic) bond motifs is 1. The van der Waals surface area contributed by atoms with Gasteiger partial charge in [-0.1, -0.05) is 24.3 Å². The Bertz CT molecular complexity index is 836. The molecule has 1 N–H and O–H groups in total. The van der Waals surface area contributed by atoms with Crippen molar-refractivity contribution in [3.63, 3.8) is 0 Å². The third kappa shape index (κ3) is 3.69. The van der Waals surface area contributed by atoms with Crippen LogP contribution in [0.4, 0.5) is 17.3 Å². The number of aromatic nitrogens is 2. The first kappa shape index (κ1) is 17.6. The van der Waals surface area contributed by atoms with E-state index in [1.807, 2.05) is 22.0 Å². The Morgan fingerprint density at radius 3 is 2.56 bits per heavy atom. The van der Waals surface area contributed by atoms with Crippen molar-refractivity contribution in [2.45, 2.75) is 13.0 Å². The Morgan fingerprint density at radius 1 is 1.07 bits per heavy atom. The van der Waals surface area contributed by atoms with Crippen molar-refractivity contribution in [1.29, 1.82) is 0 Å². The largest absolute Gasteiger partial charge is 0.354 e. The summed E-state index contributed by atoms with van der Waals surface area (Å²) in [7, 11) is 2.07. The van der Waals surface area contributed by atoms with Gasteiger partial charge >= 0.3 is 5.69 Å². The zero-order chi connectivity index (χ0) is 18.8. The van der Waals surface area contributed by atoms with Crippen LogP contribution in [0.5, 0.6) is 0 Å². The Morgan fingerprint density at radius 2 is 1.81 bits per heavy atom. The van der Waals surface area contributed by atoms with Gasteiger partial charge in [0.1, 0.15) is 6.33 Å². The highest BCUT2D eigenvalue weighted by molar-refractivity contribution is 5.70. The minimum atomic E-state index is -0.381. The van der Waals surface area contributed by atoms with Crippen LogP contribution >= 0.6 is 0 Å². The lowest BCUT2D eigenvalue weighted by molar-refractivity contribution is -0.383. The molecule has 0 unspecified atom stereocenters. The van der Waals surface area contributed by atoms with Crippen molar-refractivity contribution in [1.82, 2.24) is 19.9 Å². The molecule has 1 fully saturated rings. The fourth-order valence-corrected chi connectivity index (χ4v) is 3.60. The third-order valence-corrected chi connectivity index (χ3v) is 5.18. The molecule has 0 spiro atoms. The van der Waals surface area contributed by atoms with Crippen LogP contribution in [0.15, 0.2) is 30.6 Å². The van der Waals surface area contributed by atoms with E-state index in [0.29, 0.717) is 18.9 Å². The lowest BCUT2D eigenvalue weighted by Gasteiger charge is -2.33. The van der Waals surface area contributed by atoms with Crippen molar-refractivity contribution in [3.05, 3.63) is 51.8 Å². The maximum atomic E-state index is 11.9. The van der Waals surface area contributed by atoms with Gasteiger partial charge in [0, 0.05) is 39.3 Å². The number of piperazine rings is 1. The summed E-state index contributed by atoms with van der Waals surface area (Å²) >= 11 is 0. The van der Waals surface area contributed by atoms with Gasteiger partial charge in [-0.25, -0.2) is 15.0 Å². The van der Waals surface area contributed by atoms with E-state index >= 15 is 0 Å². The summed E-state index contributed by atoms with van der Waals surface area (Å²) in [6.07, 6.45) is 2.25. The zero-order valence-electron chi connectivity index (χ0n) is 15.3. The molecule has 2 aliphatic rings. The molecular formula is C18H23N7O2. The molecule has 0 radical (unpaired) electrons. The van der Waals surface area contributed by atoms with Gasteiger partial charge in [0.05, 0.1) is 4.92 Å². The Hall–Kier alpha value is -2.78. The molecule has 0 atom stereocenters. The van der Waals surface area contributed by atoms with Crippen LogP contribution < -0.4 is 10.3 Å². The van der Waals surface area contributed by atoms with E-state index in [-0.39, 0.29) is 16.4 Å². The quantitative estimate of drug-likeness (QED) is 0.641. The van der Waals surface area contributed by atoms with Gasteiger partial charge in [-0.2, -0.15) is 0 Å². The Kier molecular flexibility index (Phi) is 4.87. The number of benzene rings is 1. The molecule has 1 saturated heterocycles. The second-order valence-electron chi connectivity index (χ2n) is 6.99. The summed E-state index contributed by atoms with van der Waals surface area (Å²) in [4.78, 5) is 24.1. The Balaban J connectivity index is 1.61. The minimum absolute atomic E-state index is 0.0594. The molecule has 2 aliphatic heterocycles. The highest BCUT2D eigenvalue weighted by atomic mass is 16.6. The number of likely N-dealkylation sites (N-methyl/N-ethyl adjacent to an activating group) is 1. The van der Waals surface area contributed by atoms with Gasteiger partial charge < -0.3 is 9.80 Å². The monoisotopic (exact) mass is 369 g/mol.